The molecule has 1 nitrogen and oxygen atoms in total. The molecule has 0 heterocycles. The first-order chi connectivity index (χ1) is 8.31. The predicted molar refractivity (Wildman–Crippen MR) is 72.9 cm³/mol. The van der Waals surface area contributed by atoms with E-state index in [1.165, 1.54) is 28.6 Å². The molecule has 88 valence electrons. The lowest BCUT2D eigenvalue weighted by atomic mass is 10.1. The maximum absolute atomic E-state index is 13.2. The third-order valence-corrected chi connectivity index (χ3v) is 3.54. The van der Waals surface area contributed by atoms with Gasteiger partial charge in [0.2, 0.25) is 0 Å². The summed E-state index contributed by atoms with van der Waals surface area (Å²) < 4.78 is 13.2. The molecule has 17 heavy (non-hydrogen) atoms. The van der Waals surface area contributed by atoms with Gasteiger partial charge >= 0.3 is 0 Å². The first kappa shape index (κ1) is 12.1. The molecule has 0 bridgehead atoms. The number of hydrogen-bond donors (Lipinski definition) is 1. The molecule has 2 aromatic rings. The quantitative estimate of drug-likeness (QED) is 0.833. The number of rotatable bonds is 4. The third kappa shape index (κ3) is 3.08. The summed E-state index contributed by atoms with van der Waals surface area (Å²) in [6.07, 6.45) is 1.41. The summed E-state index contributed by atoms with van der Waals surface area (Å²) >= 11 is 1.50. The maximum Gasteiger partial charge on any atom is 0.107 e. The Morgan fingerprint density at radius 3 is 2.76 bits per heavy atom. The Morgan fingerprint density at radius 1 is 1.18 bits per heavy atom. The van der Waals surface area contributed by atoms with Crippen LogP contribution in [0.5, 0.6) is 0 Å². The van der Waals surface area contributed by atoms with E-state index in [9.17, 15) is 4.39 Å². The van der Waals surface area contributed by atoms with Gasteiger partial charge < -0.3 is 5.73 Å². The standard InChI is InChI=1S/C14H14FNS/c15-12(8-9-16)10-17-14-7-3-5-11-4-1-2-6-13(11)14/h1-8H,9-10,16H2/b12-8-. The van der Waals surface area contributed by atoms with Gasteiger partial charge in [-0.1, -0.05) is 36.4 Å². The molecule has 0 spiro atoms. The number of hydrogen-bond acceptors (Lipinski definition) is 2. The molecule has 0 aromatic heterocycles. The summed E-state index contributed by atoms with van der Waals surface area (Å²) in [7, 11) is 0. The van der Waals surface area contributed by atoms with E-state index < -0.39 is 0 Å². The number of benzene rings is 2. The smallest absolute Gasteiger partial charge is 0.107 e. The highest BCUT2D eigenvalue weighted by atomic mass is 32.2. The molecule has 0 unspecified atom stereocenters. The highest BCUT2D eigenvalue weighted by Gasteiger charge is 2.02. The molecule has 0 atom stereocenters. The van der Waals surface area contributed by atoms with Gasteiger partial charge in [-0.2, -0.15) is 0 Å². The Hall–Kier alpha value is -1.32. The molecule has 0 aliphatic rings. The van der Waals surface area contributed by atoms with Crippen molar-refractivity contribution < 1.29 is 4.39 Å². The molecule has 0 fully saturated rings. The van der Waals surface area contributed by atoms with Crippen molar-refractivity contribution in [1.29, 1.82) is 0 Å². The SMILES string of the molecule is NC/C=C(\F)CSc1cccc2ccccc12. The van der Waals surface area contributed by atoms with Gasteiger partial charge in [0, 0.05) is 17.2 Å². The molecule has 0 amide bonds. The van der Waals surface area contributed by atoms with Crippen LogP contribution in [0, 0.1) is 0 Å². The lowest BCUT2D eigenvalue weighted by Crippen LogP contribution is -1.95. The van der Waals surface area contributed by atoms with Crippen LogP contribution in [-0.2, 0) is 0 Å². The van der Waals surface area contributed by atoms with Crippen molar-refractivity contribution in [2.24, 2.45) is 5.73 Å². The fourth-order valence-electron chi connectivity index (χ4n) is 1.66. The Morgan fingerprint density at radius 2 is 1.94 bits per heavy atom. The maximum atomic E-state index is 13.2. The van der Waals surface area contributed by atoms with Crippen molar-refractivity contribution in [2.45, 2.75) is 4.90 Å². The van der Waals surface area contributed by atoms with E-state index in [1.54, 1.807) is 0 Å². The van der Waals surface area contributed by atoms with Gasteiger partial charge in [-0.3, -0.25) is 0 Å². The van der Waals surface area contributed by atoms with Crippen LogP contribution in [0.2, 0.25) is 0 Å². The molecule has 0 saturated carbocycles. The largest absolute Gasteiger partial charge is 0.327 e. The molecule has 2 rings (SSSR count). The van der Waals surface area contributed by atoms with Crippen LogP contribution in [0.3, 0.4) is 0 Å². The zero-order chi connectivity index (χ0) is 12.1. The predicted octanol–water partition coefficient (Wildman–Crippen LogP) is 3.74. The number of fused-ring (bicyclic) bond motifs is 1. The molecular formula is C14H14FNS. The van der Waals surface area contributed by atoms with Gasteiger partial charge in [0.25, 0.3) is 0 Å². The van der Waals surface area contributed by atoms with E-state index in [0.717, 1.165) is 4.90 Å². The van der Waals surface area contributed by atoms with Gasteiger partial charge in [0.05, 0.1) is 0 Å². The molecule has 0 radical (unpaired) electrons. The second-order valence-corrected chi connectivity index (χ2v) is 4.67. The summed E-state index contributed by atoms with van der Waals surface area (Å²) in [4.78, 5) is 1.10. The monoisotopic (exact) mass is 247 g/mol. The molecular weight excluding hydrogens is 233 g/mol. The minimum atomic E-state index is -0.162. The van der Waals surface area contributed by atoms with Crippen LogP contribution >= 0.6 is 11.8 Å². The van der Waals surface area contributed by atoms with Gasteiger partial charge in [-0.05, 0) is 22.9 Å². The zero-order valence-electron chi connectivity index (χ0n) is 9.40. The first-order valence-corrected chi connectivity index (χ1v) is 6.45. The topological polar surface area (TPSA) is 26.0 Å². The minimum absolute atomic E-state index is 0.162. The average Bonchev–Trinajstić information content (AvgIpc) is 2.36. The Labute approximate surface area is 105 Å². The number of halogens is 1. The van der Waals surface area contributed by atoms with Crippen LogP contribution in [0.4, 0.5) is 4.39 Å². The molecule has 3 heteroatoms. The lowest BCUT2D eigenvalue weighted by molar-refractivity contribution is 0.640. The molecule has 2 aromatic carbocycles. The summed E-state index contributed by atoms with van der Waals surface area (Å²) in [5.74, 6) is 0.177. The molecule has 2 N–H and O–H groups in total. The van der Waals surface area contributed by atoms with Gasteiger partial charge in [0.1, 0.15) is 5.83 Å². The van der Waals surface area contributed by atoms with Crippen molar-refractivity contribution in [3.05, 3.63) is 54.4 Å². The molecule has 0 aliphatic heterocycles. The van der Waals surface area contributed by atoms with Crippen LogP contribution in [-0.4, -0.2) is 12.3 Å². The minimum Gasteiger partial charge on any atom is -0.327 e. The van der Waals surface area contributed by atoms with Crippen molar-refractivity contribution in [1.82, 2.24) is 0 Å². The average molecular weight is 247 g/mol. The normalized spacial score (nSPS) is 12.0. The number of thioether (sulfide) groups is 1. The summed E-state index contributed by atoms with van der Waals surface area (Å²) in [6, 6.07) is 14.2. The second kappa shape index (κ2) is 5.84. The van der Waals surface area contributed by atoms with E-state index >= 15 is 0 Å². The Bertz CT molecular complexity index is 531. The van der Waals surface area contributed by atoms with E-state index in [2.05, 4.69) is 18.2 Å². The first-order valence-electron chi connectivity index (χ1n) is 5.46. The van der Waals surface area contributed by atoms with Gasteiger partial charge in [0.15, 0.2) is 0 Å². The van der Waals surface area contributed by atoms with Crippen LogP contribution < -0.4 is 5.73 Å². The van der Waals surface area contributed by atoms with E-state index in [4.69, 9.17) is 5.73 Å². The zero-order valence-corrected chi connectivity index (χ0v) is 10.2. The summed E-state index contributed by atoms with van der Waals surface area (Å²) in [6.45, 7) is 0.252. The summed E-state index contributed by atoms with van der Waals surface area (Å²) in [5.41, 5.74) is 5.26. The van der Waals surface area contributed by atoms with Gasteiger partial charge in [-0.25, -0.2) is 4.39 Å². The second-order valence-electron chi connectivity index (χ2n) is 3.65. The van der Waals surface area contributed by atoms with Crippen LogP contribution in [0.15, 0.2) is 59.3 Å². The van der Waals surface area contributed by atoms with Crippen LogP contribution in [0.1, 0.15) is 0 Å². The Balaban J connectivity index is 2.21. The molecule has 0 aliphatic carbocycles. The summed E-state index contributed by atoms with van der Waals surface area (Å²) in [5, 5.41) is 2.35. The van der Waals surface area contributed by atoms with E-state index in [-0.39, 0.29) is 12.4 Å². The Kier molecular flexibility index (Phi) is 4.18. The lowest BCUT2D eigenvalue weighted by Gasteiger charge is -2.05. The molecule has 0 saturated heterocycles. The van der Waals surface area contributed by atoms with Crippen molar-refractivity contribution >= 4 is 22.5 Å². The van der Waals surface area contributed by atoms with Crippen LogP contribution in [0.25, 0.3) is 10.8 Å². The van der Waals surface area contributed by atoms with Crippen molar-refractivity contribution in [2.75, 3.05) is 12.3 Å². The van der Waals surface area contributed by atoms with Crippen molar-refractivity contribution in [3.8, 4) is 0 Å². The fraction of sp³-hybridized carbons (Fsp3) is 0.143. The van der Waals surface area contributed by atoms with E-state index in [1.807, 2.05) is 24.3 Å². The van der Waals surface area contributed by atoms with Gasteiger partial charge in [-0.15, -0.1) is 11.8 Å². The third-order valence-electron chi connectivity index (χ3n) is 2.45. The van der Waals surface area contributed by atoms with Crippen molar-refractivity contribution in [3.63, 3.8) is 0 Å². The highest BCUT2D eigenvalue weighted by molar-refractivity contribution is 7.99. The van der Waals surface area contributed by atoms with E-state index in [0.29, 0.717) is 5.75 Å². The number of nitrogens with two attached hydrogens (primary N) is 1. The fourth-order valence-corrected chi connectivity index (χ4v) is 2.58. The highest BCUT2D eigenvalue weighted by Crippen LogP contribution is 2.29.